The van der Waals surface area contributed by atoms with E-state index in [0.717, 1.165) is 37.7 Å². The molecule has 0 radical (unpaired) electrons. The van der Waals surface area contributed by atoms with Crippen molar-refractivity contribution >= 4 is 38.6 Å². The van der Waals surface area contributed by atoms with Gasteiger partial charge in [0.2, 0.25) is 5.13 Å². The van der Waals surface area contributed by atoms with Crippen LogP contribution in [0.4, 0.5) is 5.13 Å². The Labute approximate surface area is 182 Å². The normalized spacial score (nSPS) is 10.9. The number of nitrogens with one attached hydrogen (secondary N) is 1. The number of hydrogen-bond acceptors (Lipinski definition) is 5. The highest BCUT2D eigenvalue weighted by atomic mass is 79.9. The standard InChI is InChI=1S/C23H18BrN3OS/c24-21-9-5-4-8-19(21)15-28-20-12-10-17(11-13-20)14-25-27-23-26-22(16-29-23)18-6-2-1-3-7-18/h1-14,16H,15H2,(H,26,27). The van der Waals surface area contributed by atoms with Crippen LogP contribution in [0.2, 0.25) is 0 Å². The molecule has 3 aromatic carbocycles. The molecule has 0 aliphatic carbocycles. The van der Waals surface area contributed by atoms with Crippen LogP contribution in [0.15, 0.2) is 93.8 Å². The molecule has 6 heteroatoms. The number of thiazole rings is 1. The maximum atomic E-state index is 5.85. The monoisotopic (exact) mass is 463 g/mol. The predicted octanol–water partition coefficient (Wildman–Crippen LogP) is 6.60. The predicted molar refractivity (Wildman–Crippen MR) is 124 cm³/mol. The van der Waals surface area contributed by atoms with Crippen molar-refractivity contribution in [3.8, 4) is 17.0 Å². The summed E-state index contributed by atoms with van der Waals surface area (Å²) in [5.41, 5.74) is 7.12. The Hall–Kier alpha value is -2.96. The molecule has 0 spiro atoms. The molecule has 0 atom stereocenters. The van der Waals surface area contributed by atoms with E-state index in [2.05, 4.69) is 31.4 Å². The van der Waals surface area contributed by atoms with Gasteiger partial charge in [-0.2, -0.15) is 5.10 Å². The number of halogens is 1. The summed E-state index contributed by atoms with van der Waals surface area (Å²) >= 11 is 5.06. The molecule has 0 fully saturated rings. The van der Waals surface area contributed by atoms with Crippen LogP contribution in [0.5, 0.6) is 5.75 Å². The summed E-state index contributed by atoms with van der Waals surface area (Å²) in [5, 5.41) is 7.06. The van der Waals surface area contributed by atoms with E-state index in [1.54, 1.807) is 6.21 Å². The minimum absolute atomic E-state index is 0.518. The largest absolute Gasteiger partial charge is 0.489 e. The van der Waals surface area contributed by atoms with Gasteiger partial charge >= 0.3 is 0 Å². The molecule has 0 saturated heterocycles. The van der Waals surface area contributed by atoms with Gasteiger partial charge in [0.15, 0.2) is 0 Å². The number of anilines is 1. The quantitative estimate of drug-likeness (QED) is 0.248. The van der Waals surface area contributed by atoms with Crippen molar-refractivity contribution in [1.29, 1.82) is 0 Å². The Kier molecular flexibility index (Phi) is 6.34. The fourth-order valence-corrected chi connectivity index (χ4v) is 3.72. The minimum Gasteiger partial charge on any atom is -0.489 e. The Balaban J connectivity index is 1.31. The molecular weight excluding hydrogens is 446 g/mol. The molecule has 29 heavy (non-hydrogen) atoms. The van der Waals surface area contributed by atoms with Gasteiger partial charge in [-0.1, -0.05) is 64.5 Å². The molecule has 1 heterocycles. The first-order valence-electron chi connectivity index (χ1n) is 9.04. The van der Waals surface area contributed by atoms with E-state index >= 15 is 0 Å². The zero-order chi connectivity index (χ0) is 19.9. The molecule has 144 valence electrons. The lowest BCUT2D eigenvalue weighted by Crippen LogP contribution is -1.96. The third kappa shape index (κ3) is 5.31. The van der Waals surface area contributed by atoms with Gasteiger partial charge < -0.3 is 4.74 Å². The van der Waals surface area contributed by atoms with Gasteiger partial charge in [-0.25, -0.2) is 4.98 Å². The second-order valence-electron chi connectivity index (χ2n) is 6.22. The Morgan fingerprint density at radius 3 is 2.52 bits per heavy atom. The zero-order valence-corrected chi connectivity index (χ0v) is 17.9. The number of nitrogens with zero attached hydrogens (tertiary/aromatic N) is 2. The maximum absolute atomic E-state index is 5.85. The van der Waals surface area contributed by atoms with Crippen LogP contribution in [-0.4, -0.2) is 11.2 Å². The molecule has 1 N–H and O–H groups in total. The van der Waals surface area contributed by atoms with E-state index in [-0.39, 0.29) is 0 Å². The van der Waals surface area contributed by atoms with Crippen molar-refractivity contribution in [2.24, 2.45) is 5.10 Å². The first-order chi connectivity index (χ1) is 14.3. The van der Waals surface area contributed by atoms with Crippen LogP contribution in [0.25, 0.3) is 11.3 Å². The molecule has 0 saturated carbocycles. The number of rotatable bonds is 7. The summed E-state index contributed by atoms with van der Waals surface area (Å²) in [6.07, 6.45) is 1.77. The van der Waals surface area contributed by atoms with Gasteiger partial charge in [0, 0.05) is 21.0 Å². The molecule has 4 rings (SSSR count). The van der Waals surface area contributed by atoms with E-state index < -0.39 is 0 Å². The smallest absolute Gasteiger partial charge is 0.203 e. The molecule has 4 aromatic rings. The number of ether oxygens (including phenoxy) is 1. The lowest BCUT2D eigenvalue weighted by Gasteiger charge is -2.08. The van der Waals surface area contributed by atoms with Crippen LogP contribution in [-0.2, 0) is 6.61 Å². The summed E-state index contributed by atoms with van der Waals surface area (Å²) < 4.78 is 6.90. The molecule has 0 unspecified atom stereocenters. The second-order valence-corrected chi connectivity index (χ2v) is 7.94. The summed E-state index contributed by atoms with van der Waals surface area (Å²) in [7, 11) is 0. The third-order valence-electron chi connectivity index (χ3n) is 4.18. The van der Waals surface area contributed by atoms with Crippen molar-refractivity contribution in [2.45, 2.75) is 6.61 Å². The molecular formula is C23H18BrN3OS. The van der Waals surface area contributed by atoms with E-state index in [0.29, 0.717) is 6.61 Å². The van der Waals surface area contributed by atoms with Gasteiger partial charge in [0.05, 0.1) is 11.9 Å². The molecule has 1 aromatic heterocycles. The molecule has 0 amide bonds. The fourth-order valence-electron chi connectivity index (χ4n) is 2.66. The second kappa shape index (κ2) is 9.49. The Morgan fingerprint density at radius 2 is 1.72 bits per heavy atom. The van der Waals surface area contributed by atoms with Gasteiger partial charge in [-0.05, 0) is 35.9 Å². The topological polar surface area (TPSA) is 46.5 Å². The SMILES string of the molecule is Brc1ccccc1COc1ccc(C=NNc2nc(-c3ccccc3)cs2)cc1. The van der Waals surface area contributed by atoms with E-state index in [9.17, 15) is 0 Å². The van der Waals surface area contributed by atoms with Crippen LogP contribution in [0.1, 0.15) is 11.1 Å². The van der Waals surface area contributed by atoms with Gasteiger partial charge in [-0.3, -0.25) is 5.43 Å². The maximum Gasteiger partial charge on any atom is 0.203 e. The van der Waals surface area contributed by atoms with Crippen molar-refractivity contribution in [3.63, 3.8) is 0 Å². The van der Waals surface area contributed by atoms with Crippen LogP contribution in [0.3, 0.4) is 0 Å². The Morgan fingerprint density at radius 1 is 0.966 bits per heavy atom. The van der Waals surface area contributed by atoms with Crippen LogP contribution < -0.4 is 10.2 Å². The highest BCUT2D eigenvalue weighted by Gasteiger charge is 2.03. The number of aromatic nitrogens is 1. The molecule has 4 nitrogen and oxygen atoms in total. The highest BCUT2D eigenvalue weighted by Crippen LogP contribution is 2.24. The zero-order valence-electron chi connectivity index (χ0n) is 15.5. The van der Waals surface area contributed by atoms with Gasteiger partial charge in [0.25, 0.3) is 0 Å². The lowest BCUT2D eigenvalue weighted by atomic mass is 10.2. The van der Waals surface area contributed by atoms with Gasteiger partial charge in [-0.15, -0.1) is 11.3 Å². The van der Waals surface area contributed by atoms with Crippen LogP contribution in [0, 0.1) is 0 Å². The lowest BCUT2D eigenvalue weighted by molar-refractivity contribution is 0.305. The molecule has 0 bridgehead atoms. The van der Waals surface area contributed by atoms with E-state index in [4.69, 9.17) is 4.74 Å². The number of hydrazone groups is 1. The highest BCUT2D eigenvalue weighted by molar-refractivity contribution is 9.10. The van der Waals surface area contributed by atoms with Crippen LogP contribution >= 0.6 is 27.3 Å². The molecule has 0 aliphatic rings. The third-order valence-corrected chi connectivity index (χ3v) is 5.70. The number of benzene rings is 3. The van der Waals surface area contributed by atoms with Crippen molar-refractivity contribution in [1.82, 2.24) is 4.98 Å². The minimum atomic E-state index is 0.518. The summed E-state index contributed by atoms with van der Waals surface area (Å²) in [4.78, 5) is 4.56. The average Bonchev–Trinajstić information content (AvgIpc) is 3.24. The molecule has 0 aliphatic heterocycles. The average molecular weight is 464 g/mol. The fraction of sp³-hybridized carbons (Fsp3) is 0.0435. The van der Waals surface area contributed by atoms with Crippen molar-refractivity contribution in [2.75, 3.05) is 5.43 Å². The first kappa shape index (κ1) is 19.4. The number of hydrogen-bond donors (Lipinski definition) is 1. The summed E-state index contributed by atoms with van der Waals surface area (Å²) in [6.45, 7) is 0.518. The van der Waals surface area contributed by atoms with Crippen molar-refractivity contribution in [3.05, 3.63) is 99.8 Å². The van der Waals surface area contributed by atoms with Gasteiger partial charge in [0.1, 0.15) is 12.4 Å². The summed E-state index contributed by atoms with van der Waals surface area (Å²) in [5.74, 6) is 0.818. The van der Waals surface area contributed by atoms with Crippen molar-refractivity contribution < 1.29 is 4.74 Å². The summed E-state index contributed by atoms with van der Waals surface area (Å²) in [6, 6.07) is 26.0. The Bertz CT molecular complexity index is 1090. The van der Waals surface area contributed by atoms with E-state index in [1.807, 2.05) is 84.2 Å². The first-order valence-corrected chi connectivity index (χ1v) is 10.7. The van der Waals surface area contributed by atoms with E-state index in [1.165, 1.54) is 11.3 Å².